The van der Waals surface area contributed by atoms with E-state index in [1.165, 1.54) is 11.6 Å². The summed E-state index contributed by atoms with van der Waals surface area (Å²) in [7, 11) is 4.00. The lowest BCUT2D eigenvalue weighted by atomic mass is 10.1. The van der Waals surface area contributed by atoms with Crippen molar-refractivity contribution in [3.8, 4) is 5.75 Å². The van der Waals surface area contributed by atoms with Crippen molar-refractivity contribution in [2.75, 3.05) is 29.7 Å². The molecule has 8 heteroatoms. The van der Waals surface area contributed by atoms with E-state index in [1.54, 1.807) is 23.5 Å². The Bertz CT molecular complexity index is 1110. The lowest BCUT2D eigenvalue weighted by Crippen LogP contribution is -2.21. The van der Waals surface area contributed by atoms with E-state index >= 15 is 0 Å². The second-order valence-corrected chi connectivity index (χ2v) is 8.36. The van der Waals surface area contributed by atoms with E-state index in [4.69, 9.17) is 4.74 Å². The molecule has 0 unspecified atom stereocenters. The molecule has 0 spiro atoms. The zero-order chi connectivity index (χ0) is 23.6. The molecule has 0 atom stereocenters. The van der Waals surface area contributed by atoms with Crippen LogP contribution >= 0.6 is 11.3 Å². The number of hydrazone groups is 1. The second kappa shape index (κ2) is 11.7. The van der Waals surface area contributed by atoms with E-state index in [1.807, 2.05) is 60.8 Å². The largest absolute Gasteiger partial charge is 0.436 e. The topological polar surface area (TPSA) is 78.0 Å². The van der Waals surface area contributed by atoms with Crippen LogP contribution in [0, 0.1) is 0 Å². The first-order chi connectivity index (χ1) is 16.0. The number of nitrogens with zero attached hydrogens (tertiary/aromatic N) is 2. The molecule has 0 aliphatic rings. The number of anilines is 3. The quantitative estimate of drug-likeness (QED) is 0.166. The summed E-state index contributed by atoms with van der Waals surface area (Å²) in [6.45, 7) is 5.62. The molecule has 0 aliphatic carbocycles. The van der Waals surface area contributed by atoms with Gasteiger partial charge in [-0.15, -0.1) is 16.4 Å². The van der Waals surface area contributed by atoms with Gasteiger partial charge in [0.05, 0.1) is 10.6 Å². The van der Waals surface area contributed by atoms with Gasteiger partial charge in [0.1, 0.15) is 5.75 Å². The molecule has 3 N–H and O–H groups in total. The first-order valence-electron chi connectivity index (χ1n) is 10.6. The molecule has 0 bridgehead atoms. The fourth-order valence-electron chi connectivity index (χ4n) is 3.04. The SMILES string of the molecule is C=CC(=O)Nc1cccc(OC(=NNNc2ccc(N(C)C)cc2)c2sccc2CCC)c1. The van der Waals surface area contributed by atoms with Crippen LogP contribution in [0.4, 0.5) is 17.1 Å². The molecular weight excluding hydrogens is 434 g/mol. The molecule has 0 saturated carbocycles. The molecule has 3 rings (SSSR count). The second-order valence-electron chi connectivity index (χ2n) is 7.44. The third-order valence-corrected chi connectivity index (χ3v) is 5.65. The number of hydrazine groups is 1. The third kappa shape index (κ3) is 6.85. The Hall–Kier alpha value is -3.78. The third-order valence-electron chi connectivity index (χ3n) is 4.70. The molecule has 1 heterocycles. The Balaban J connectivity index is 1.81. The number of hydrogen-bond acceptors (Lipinski definition) is 7. The van der Waals surface area contributed by atoms with Gasteiger partial charge in [-0.25, -0.2) is 5.53 Å². The Kier molecular flexibility index (Phi) is 8.49. The van der Waals surface area contributed by atoms with Crippen molar-refractivity contribution in [2.24, 2.45) is 5.10 Å². The van der Waals surface area contributed by atoms with E-state index in [0.29, 0.717) is 17.3 Å². The average molecular weight is 464 g/mol. The van der Waals surface area contributed by atoms with Crippen LogP contribution in [-0.2, 0) is 11.2 Å². The van der Waals surface area contributed by atoms with E-state index in [-0.39, 0.29) is 5.91 Å². The summed E-state index contributed by atoms with van der Waals surface area (Å²) in [5, 5.41) is 9.27. The molecule has 2 aromatic carbocycles. The summed E-state index contributed by atoms with van der Waals surface area (Å²) in [4.78, 5) is 14.6. The number of ether oxygens (including phenoxy) is 1. The van der Waals surface area contributed by atoms with Gasteiger partial charge in [0.15, 0.2) is 0 Å². The number of rotatable bonds is 10. The summed E-state index contributed by atoms with van der Waals surface area (Å²) in [5.41, 5.74) is 9.77. The first kappa shape index (κ1) is 23.9. The van der Waals surface area contributed by atoms with Crippen molar-refractivity contribution in [3.63, 3.8) is 0 Å². The number of hydrogen-bond donors (Lipinski definition) is 3. The molecule has 0 radical (unpaired) electrons. The summed E-state index contributed by atoms with van der Waals surface area (Å²) in [6.07, 6.45) is 3.17. The van der Waals surface area contributed by atoms with Gasteiger partial charge in [-0.05, 0) is 65.9 Å². The van der Waals surface area contributed by atoms with Crippen LogP contribution in [0.1, 0.15) is 23.8 Å². The Morgan fingerprint density at radius 1 is 1.15 bits per heavy atom. The fraction of sp³-hybridized carbons (Fsp3) is 0.200. The minimum Gasteiger partial charge on any atom is -0.436 e. The zero-order valence-electron chi connectivity index (χ0n) is 19.1. The molecular formula is C25H29N5O2S. The van der Waals surface area contributed by atoms with Gasteiger partial charge in [0.25, 0.3) is 5.90 Å². The van der Waals surface area contributed by atoms with Crippen LogP contribution in [0.2, 0.25) is 0 Å². The predicted octanol–water partition coefficient (Wildman–Crippen LogP) is 5.25. The maximum atomic E-state index is 11.6. The summed E-state index contributed by atoms with van der Waals surface area (Å²) >= 11 is 1.57. The average Bonchev–Trinajstić information content (AvgIpc) is 3.27. The van der Waals surface area contributed by atoms with Crippen molar-refractivity contribution in [3.05, 3.63) is 83.1 Å². The van der Waals surface area contributed by atoms with E-state index in [2.05, 4.69) is 40.9 Å². The molecule has 3 aromatic rings. The maximum Gasteiger partial charge on any atom is 0.255 e. The number of carbonyl (C=O) groups excluding carboxylic acids is 1. The smallest absolute Gasteiger partial charge is 0.255 e. The highest BCUT2D eigenvalue weighted by Crippen LogP contribution is 2.24. The van der Waals surface area contributed by atoms with Gasteiger partial charge < -0.3 is 15.0 Å². The minimum absolute atomic E-state index is 0.282. The van der Waals surface area contributed by atoms with Crippen LogP contribution in [0.15, 0.2) is 77.7 Å². The number of carbonyl (C=O) groups is 1. The minimum atomic E-state index is -0.282. The Morgan fingerprint density at radius 3 is 2.64 bits per heavy atom. The summed E-state index contributed by atoms with van der Waals surface area (Å²) in [6, 6.07) is 17.2. The lowest BCUT2D eigenvalue weighted by Gasteiger charge is -2.14. The molecule has 1 amide bonds. The Labute approximate surface area is 198 Å². The fourth-order valence-corrected chi connectivity index (χ4v) is 3.92. The van der Waals surface area contributed by atoms with Gasteiger partial charge in [0, 0.05) is 31.5 Å². The standard InChI is InChI=1S/C25H29N5O2S/c1-5-8-18-15-16-33-24(18)25(28-29-27-19-11-13-21(14-12-19)30(3)4)32-22-10-7-9-20(17-22)26-23(31)6-2/h6-7,9-17,27,29H,2,5,8H2,1,3-4H3,(H,26,31). The van der Waals surface area contributed by atoms with Crippen molar-refractivity contribution in [2.45, 2.75) is 19.8 Å². The summed E-state index contributed by atoms with van der Waals surface area (Å²) in [5.74, 6) is 0.720. The van der Waals surface area contributed by atoms with Crippen molar-refractivity contribution in [1.29, 1.82) is 0 Å². The number of aryl methyl sites for hydroxylation is 1. The van der Waals surface area contributed by atoms with Gasteiger partial charge >= 0.3 is 0 Å². The Morgan fingerprint density at radius 2 is 1.94 bits per heavy atom. The van der Waals surface area contributed by atoms with Crippen LogP contribution < -0.4 is 25.9 Å². The first-order valence-corrected chi connectivity index (χ1v) is 11.5. The number of benzene rings is 2. The van der Waals surface area contributed by atoms with Gasteiger partial charge in [-0.1, -0.05) is 26.0 Å². The number of amides is 1. The number of nitrogens with one attached hydrogen (secondary N) is 3. The van der Waals surface area contributed by atoms with E-state index in [9.17, 15) is 4.79 Å². The zero-order valence-corrected chi connectivity index (χ0v) is 19.9. The predicted molar refractivity (Wildman–Crippen MR) is 138 cm³/mol. The van der Waals surface area contributed by atoms with Crippen LogP contribution in [0.5, 0.6) is 5.75 Å². The highest BCUT2D eigenvalue weighted by Gasteiger charge is 2.14. The molecule has 0 fully saturated rings. The molecule has 33 heavy (non-hydrogen) atoms. The normalized spacial score (nSPS) is 10.9. The highest BCUT2D eigenvalue weighted by atomic mass is 32.1. The van der Waals surface area contributed by atoms with Gasteiger partial charge in [-0.3, -0.25) is 10.2 Å². The monoisotopic (exact) mass is 463 g/mol. The van der Waals surface area contributed by atoms with Crippen LogP contribution in [-0.4, -0.2) is 25.9 Å². The molecule has 172 valence electrons. The van der Waals surface area contributed by atoms with Crippen molar-refractivity contribution >= 4 is 40.2 Å². The lowest BCUT2D eigenvalue weighted by molar-refractivity contribution is -0.111. The van der Waals surface area contributed by atoms with E-state index < -0.39 is 0 Å². The van der Waals surface area contributed by atoms with Crippen LogP contribution in [0.3, 0.4) is 0 Å². The van der Waals surface area contributed by atoms with Gasteiger partial charge in [-0.2, -0.15) is 0 Å². The van der Waals surface area contributed by atoms with Gasteiger partial charge in [0.2, 0.25) is 5.91 Å². The molecule has 1 aromatic heterocycles. The molecule has 0 aliphatic heterocycles. The summed E-state index contributed by atoms with van der Waals surface area (Å²) < 4.78 is 6.16. The highest BCUT2D eigenvalue weighted by molar-refractivity contribution is 7.12. The van der Waals surface area contributed by atoms with Crippen LogP contribution in [0.25, 0.3) is 0 Å². The van der Waals surface area contributed by atoms with Crippen molar-refractivity contribution in [1.82, 2.24) is 5.53 Å². The molecule has 0 saturated heterocycles. The maximum absolute atomic E-state index is 11.6. The van der Waals surface area contributed by atoms with Crippen molar-refractivity contribution < 1.29 is 9.53 Å². The number of thiophene rings is 1. The molecule has 7 nitrogen and oxygen atoms in total. The van der Waals surface area contributed by atoms with E-state index in [0.717, 1.165) is 29.1 Å².